The first-order valence-corrected chi connectivity index (χ1v) is 11.1. The van der Waals surface area contributed by atoms with E-state index < -0.39 is 10.0 Å². The van der Waals surface area contributed by atoms with Crippen LogP contribution in [0.25, 0.3) is 0 Å². The highest BCUT2D eigenvalue weighted by molar-refractivity contribution is 7.89. The summed E-state index contributed by atoms with van der Waals surface area (Å²) in [5.41, 5.74) is 2.69. The fraction of sp³-hybridized carbons (Fsp3) is 0.381. The Morgan fingerprint density at radius 1 is 0.893 bits per heavy atom. The lowest BCUT2D eigenvalue weighted by molar-refractivity contribution is -0.114. The van der Waals surface area contributed by atoms with Crippen LogP contribution >= 0.6 is 0 Å². The third-order valence-electron chi connectivity index (χ3n) is 4.43. The van der Waals surface area contributed by atoms with Gasteiger partial charge in [0.05, 0.1) is 11.4 Å². The van der Waals surface area contributed by atoms with E-state index in [0.717, 1.165) is 18.5 Å². The summed E-state index contributed by atoms with van der Waals surface area (Å²) in [6.07, 6.45) is 2.11. The molecule has 7 heteroatoms. The van der Waals surface area contributed by atoms with Crippen molar-refractivity contribution in [3.63, 3.8) is 0 Å². The fourth-order valence-corrected chi connectivity index (χ4v) is 4.35. The van der Waals surface area contributed by atoms with Crippen molar-refractivity contribution in [3.8, 4) is 0 Å². The van der Waals surface area contributed by atoms with Gasteiger partial charge in [0, 0.05) is 24.5 Å². The fourth-order valence-electron chi connectivity index (χ4n) is 2.89. The summed E-state index contributed by atoms with van der Waals surface area (Å²) in [6, 6.07) is 14.3. The number of carbonyl (C=O) groups excluding carboxylic acids is 1. The zero-order valence-electron chi connectivity index (χ0n) is 16.7. The average Bonchev–Trinajstić information content (AvgIpc) is 2.69. The molecule has 6 nitrogen and oxygen atoms in total. The van der Waals surface area contributed by atoms with Gasteiger partial charge < -0.3 is 10.6 Å². The third-order valence-corrected chi connectivity index (χ3v) is 6.49. The molecule has 28 heavy (non-hydrogen) atoms. The van der Waals surface area contributed by atoms with Crippen LogP contribution in [0.2, 0.25) is 0 Å². The topological polar surface area (TPSA) is 78.5 Å². The van der Waals surface area contributed by atoms with Crippen molar-refractivity contribution in [2.24, 2.45) is 0 Å². The lowest BCUT2D eigenvalue weighted by Crippen LogP contribution is -2.30. The van der Waals surface area contributed by atoms with Gasteiger partial charge in [-0.15, -0.1) is 0 Å². The van der Waals surface area contributed by atoms with Gasteiger partial charge in [0.15, 0.2) is 0 Å². The van der Waals surface area contributed by atoms with Crippen molar-refractivity contribution in [2.75, 3.05) is 30.3 Å². The molecule has 0 fully saturated rings. The van der Waals surface area contributed by atoms with Gasteiger partial charge >= 0.3 is 0 Å². The van der Waals surface area contributed by atoms with Gasteiger partial charge in [-0.3, -0.25) is 4.79 Å². The quantitative estimate of drug-likeness (QED) is 0.634. The molecule has 1 amide bonds. The monoisotopic (exact) mass is 403 g/mol. The maximum Gasteiger partial charge on any atom is 0.243 e. The first-order valence-electron chi connectivity index (χ1n) is 9.63. The summed E-state index contributed by atoms with van der Waals surface area (Å²) in [5.74, 6) is -0.164. The standard InChI is InChI=1S/C21H29N3O3S/c1-4-7-17-8-10-19(11-9-17)23-21(25)16-22-18-12-14-20(15-13-18)28(26,27)24(5-2)6-3/h8-15,22H,4-7,16H2,1-3H3,(H,23,25). The summed E-state index contributed by atoms with van der Waals surface area (Å²) < 4.78 is 26.4. The Morgan fingerprint density at radius 3 is 2.00 bits per heavy atom. The lowest BCUT2D eigenvalue weighted by atomic mass is 10.1. The molecule has 152 valence electrons. The van der Waals surface area contributed by atoms with E-state index in [0.29, 0.717) is 18.8 Å². The maximum absolute atomic E-state index is 12.5. The van der Waals surface area contributed by atoms with Crippen LogP contribution in [0.15, 0.2) is 53.4 Å². The number of aryl methyl sites for hydroxylation is 1. The maximum atomic E-state index is 12.5. The van der Waals surface area contributed by atoms with Crippen LogP contribution in [-0.2, 0) is 21.2 Å². The molecule has 2 rings (SSSR count). The number of amides is 1. The molecule has 0 aliphatic heterocycles. The third kappa shape index (κ3) is 5.81. The Labute approximate surface area is 168 Å². The van der Waals surface area contributed by atoms with Crippen LogP contribution in [0, 0.1) is 0 Å². The second-order valence-electron chi connectivity index (χ2n) is 6.46. The molecule has 0 aromatic heterocycles. The van der Waals surface area contributed by atoms with Gasteiger partial charge in [-0.05, 0) is 48.4 Å². The number of hydrogen-bond acceptors (Lipinski definition) is 4. The van der Waals surface area contributed by atoms with Crippen LogP contribution in [-0.4, -0.2) is 38.3 Å². The molecule has 0 radical (unpaired) electrons. The van der Waals surface area contributed by atoms with Crippen LogP contribution < -0.4 is 10.6 Å². The minimum absolute atomic E-state index is 0.0961. The highest BCUT2D eigenvalue weighted by atomic mass is 32.2. The minimum Gasteiger partial charge on any atom is -0.376 e. The average molecular weight is 404 g/mol. The van der Waals surface area contributed by atoms with Crippen LogP contribution in [0.4, 0.5) is 11.4 Å². The van der Waals surface area contributed by atoms with Crippen molar-refractivity contribution in [3.05, 3.63) is 54.1 Å². The van der Waals surface area contributed by atoms with E-state index in [1.54, 1.807) is 24.3 Å². The van der Waals surface area contributed by atoms with Crippen LogP contribution in [0.1, 0.15) is 32.8 Å². The van der Waals surface area contributed by atoms with Crippen molar-refractivity contribution in [2.45, 2.75) is 38.5 Å². The van der Waals surface area contributed by atoms with Gasteiger partial charge in [-0.1, -0.05) is 39.3 Å². The predicted molar refractivity (Wildman–Crippen MR) is 114 cm³/mol. The predicted octanol–water partition coefficient (Wildman–Crippen LogP) is 3.72. The summed E-state index contributed by atoms with van der Waals surface area (Å²) in [4.78, 5) is 12.4. The Bertz CT molecular complexity index is 859. The van der Waals surface area contributed by atoms with E-state index in [4.69, 9.17) is 0 Å². The van der Waals surface area contributed by atoms with Gasteiger partial charge in [-0.25, -0.2) is 8.42 Å². The van der Waals surface area contributed by atoms with Crippen molar-refractivity contribution in [1.82, 2.24) is 4.31 Å². The van der Waals surface area contributed by atoms with Gasteiger partial charge in [-0.2, -0.15) is 4.31 Å². The zero-order valence-corrected chi connectivity index (χ0v) is 17.6. The number of anilines is 2. The zero-order chi connectivity index (χ0) is 20.6. The minimum atomic E-state index is -3.47. The molecule has 0 saturated heterocycles. The second-order valence-corrected chi connectivity index (χ2v) is 8.40. The lowest BCUT2D eigenvalue weighted by Gasteiger charge is -2.18. The highest BCUT2D eigenvalue weighted by Crippen LogP contribution is 2.18. The number of rotatable bonds is 10. The van der Waals surface area contributed by atoms with E-state index in [1.807, 2.05) is 38.1 Å². The molecule has 2 N–H and O–H groups in total. The number of nitrogens with one attached hydrogen (secondary N) is 2. The molecule has 0 aliphatic rings. The Morgan fingerprint density at radius 2 is 1.46 bits per heavy atom. The molecule has 0 heterocycles. The molecule has 0 spiro atoms. The molecule has 0 bridgehead atoms. The Balaban J connectivity index is 1.91. The first-order chi connectivity index (χ1) is 13.4. The van der Waals surface area contributed by atoms with Crippen molar-refractivity contribution < 1.29 is 13.2 Å². The smallest absolute Gasteiger partial charge is 0.243 e. The molecule has 0 aliphatic carbocycles. The molecular formula is C21H29N3O3S. The molecular weight excluding hydrogens is 374 g/mol. The van der Waals surface area contributed by atoms with Crippen LogP contribution in [0.5, 0.6) is 0 Å². The van der Waals surface area contributed by atoms with E-state index in [2.05, 4.69) is 17.6 Å². The number of carbonyl (C=O) groups is 1. The van der Waals surface area contributed by atoms with Gasteiger partial charge in [0.25, 0.3) is 0 Å². The largest absolute Gasteiger partial charge is 0.376 e. The number of hydrogen-bond donors (Lipinski definition) is 2. The summed E-state index contributed by atoms with van der Waals surface area (Å²) in [7, 11) is -3.47. The first kappa shape index (κ1) is 21.9. The van der Waals surface area contributed by atoms with Gasteiger partial charge in [0.1, 0.15) is 0 Å². The number of sulfonamides is 1. The summed E-state index contributed by atoms with van der Waals surface area (Å²) in [6.45, 7) is 6.71. The molecule has 0 unspecified atom stereocenters. The van der Waals surface area contributed by atoms with Crippen molar-refractivity contribution >= 4 is 27.3 Å². The van der Waals surface area contributed by atoms with E-state index in [9.17, 15) is 13.2 Å². The van der Waals surface area contributed by atoms with E-state index in [1.165, 1.54) is 9.87 Å². The van der Waals surface area contributed by atoms with Crippen molar-refractivity contribution in [1.29, 1.82) is 0 Å². The second kappa shape index (κ2) is 10.2. The van der Waals surface area contributed by atoms with Crippen LogP contribution in [0.3, 0.4) is 0 Å². The summed E-state index contributed by atoms with van der Waals surface area (Å²) in [5, 5.41) is 5.86. The molecule has 0 saturated carbocycles. The normalized spacial score (nSPS) is 11.4. The molecule has 2 aromatic carbocycles. The Hall–Kier alpha value is -2.38. The summed E-state index contributed by atoms with van der Waals surface area (Å²) >= 11 is 0. The van der Waals surface area contributed by atoms with E-state index >= 15 is 0 Å². The van der Waals surface area contributed by atoms with Gasteiger partial charge in [0.2, 0.25) is 15.9 Å². The molecule has 0 atom stereocenters. The number of nitrogens with zero attached hydrogens (tertiary/aromatic N) is 1. The Kier molecular flexibility index (Phi) is 8.02. The highest BCUT2D eigenvalue weighted by Gasteiger charge is 2.21. The van der Waals surface area contributed by atoms with E-state index in [-0.39, 0.29) is 17.3 Å². The SMILES string of the molecule is CCCc1ccc(NC(=O)CNc2ccc(S(=O)(=O)N(CC)CC)cc2)cc1. The molecule has 2 aromatic rings. The number of benzene rings is 2.